The Bertz CT molecular complexity index is 838. The van der Waals surface area contributed by atoms with Crippen LogP contribution in [0.4, 0.5) is 13.2 Å². The maximum absolute atomic E-state index is 12.4. The summed E-state index contributed by atoms with van der Waals surface area (Å²) in [4.78, 5) is -0.783. The van der Waals surface area contributed by atoms with Gasteiger partial charge < -0.3 is 0 Å². The number of sulfone groups is 1. The smallest absolute Gasteiger partial charge is 0.214 e. The van der Waals surface area contributed by atoms with E-state index in [1.165, 1.54) is 12.1 Å². The summed E-state index contributed by atoms with van der Waals surface area (Å²) in [6.45, 7) is 1.98. The molecule has 0 aliphatic heterocycles. The van der Waals surface area contributed by atoms with Crippen LogP contribution in [0.2, 0.25) is 0 Å². The van der Waals surface area contributed by atoms with E-state index < -0.39 is 20.2 Å². The minimum atomic E-state index is -5.31. The Hall–Kier alpha value is -2.26. The summed E-state index contributed by atoms with van der Waals surface area (Å²) in [7, 11) is -5.31. The zero-order valence-electron chi connectivity index (χ0n) is 12.2. The van der Waals surface area contributed by atoms with Gasteiger partial charge in [-0.15, -0.1) is 0 Å². The molecule has 2 nitrogen and oxygen atoms in total. The molecule has 2 aromatic carbocycles. The Morgan fingerprint density at radius 2 is 1.52 bits per heavy atom. The molecule has 0 aromatic heterocycles. The number of aryl methyl sites for hydroxylation is 1. The molecule has 0 bridgehead atoms. The molecular formula is C17H13F3O2S. The average molecular weight is 338 g/mol. The zero-order valence-corrected chi connectivity index (χ0v) is 13.0. The Morgan fingerprint density at radius 1 is 0.957 bits per heavy atom. The number of benzene rings is 2. The molecular weight excluding hydrogens is 325 g/mol. The van der Waals surface area contributed by atoms with E-state index in [2.05, 4.69) is 11.8 Å². The van der Waals surface area contributed by atoms with Crippen LogP contribution in [0.25, 0.3) is 0 Å². The van der Waals surface area contributed by atoms with Crippen molar-refractivity contribution in [2.45, 2.75) is 23.7 Å². The van der Waals surface area contributed by atoms with E-state index in [-0.39, 0.29) is 0 Å². The summed E-state index contributed by atoms with van der Waals surface area (Å²) in [5, 5.41) is 0. The third-order valence-electron chi connectivity index (χ3n) is 3.12. The van der Waals surface area contributed by atoms with Crippen molar-refractivity contribution in [1.29, 1.82) is 0 Å². The van der Waals surface area contributed by atoms with Gasteiger partial charge in [-0.3, -0.25) is 0 Å². The monoisotopic (exact) mass is 338 g/mol. The van der Waals surface area contributed by atoms with Crippen molar-refractivity contribution in [2.24, 2.45) is 0 Å². The second-order valence-electron chi connectivity index (χ2n) is 4.94. The molecule has 0 saturated heterocycles. The Balaban J connectivity index is 2.12. The largest absolute Gasteiger partial charge is 0.501 e. The summed E-state index contributed by atoms with van der Waals surface area (Å²) >= 11 is 0. The van der Waals surface area contributed by atoms with Crippen LogP contribution in [0, 0.1) is 18.8 Å². The SMILES string of the molecule is Cc1ccc(CC#Cc2ccc(S(=O)(=O)C(F)(F)F)cc2)cc1. The van der Waals surface area contributed by atoms with E-state index in [1.807, 2.05) is 31.2 Å². The van der Waals surface area contributed by atoms with E-state index in [0.717, 1.165) is 23.3 Å². The van der Waals surface area contributed by atoms with Gasteiger partial charge in [0.25, 0.3) is 9.84 Å². The average Bonchev–Trinajstić information content (AvgIpc) is 2.49. The molecule has 0 aliphatic rings. The molecule has 6 heteroatoms. The minimum Gasteiger partial charge on any atom is -0.214 e. The van der Waals surface area contributed by atoms with Crippen molar-refractivity contribution in [3.8, 4) is 11.8 Å². The van der Waals surface area contributed by atoms with Gasteiger partial charge in [-0.1, -0.05) is 41.7 Å². The normalized spacial score (nSPS) is 11.7. The van der Waals surface area contributed by atoms with Crippen LogP contribution in [0.5, 0.6) is 0 Å². The van der Waals surface area contributed by atoms with Crippen molar-refractivity contribution in [3.63, 3.8) is 0 Å². The number of hydrogen-bond donors (Lipinski definition) is 0. The third kappa shape index (κ3) is 4.14. The van der Waals surface area contributed by atoms with Gasteiger partial charge in [0.1, 0.15) is 0 Å². The Morgan fingerprint density at radius 3 is 2.04 bits per heavy atom. The number of rotatable bonds is 2. The highest BCUT2D eigenvalue weighted by molar-refractivity contribution is 7.92. The summed E-state index contributed by atoms with van der Waals surface area (Å²) in [5.74, 6) is 5.70. The lowest BCUT2D eigenvalue weighted by atomic mass is 10.1. The fourth-order valence-electron chi connectivity index (χ4n) is 1.81. The minimum absolute atomic E-state index is 0.457. The molecule has 0 heterocycles. The Kier molecular flexibility index (Phi) is 4.81. The summed E-state index contributed by atoms with van der Waals surface area (Å²) in [6, 6.07) is 12.2. The van der Waals surface area contributed by atoms with Crippen molar-refractivity contribution in [3.05, 3.63) is 65.2 Å². The van der Waals surface area contributed by atoms with Gasteiger partial charge in [0, 0.05) is 12.0 Å². The molecule has 0 unspecified atom stereocenters. The molecule has 2 aromatic rings. The van der Waals surface area contributed by atoms with E-state index in [4.69, 9.17) is 0 Å². The maximum atomic E-state index is 12.4. The molecule has 0 spiro atoms. The second kappa shape index (κ2) is 6.47. The molecule has 0 fully saturated rings. The molecule has 2 rings (SSSR count). The van der Waals surface area contributed by atoms with Crippen LogP contribution in [0.3, 0.4) is 0 Å². The van der Waals surface area contributed by atoms with Gasteiger partial charge in [0.05, 0.1) is 4.90 Å². The van der Waals surface area contributed by atoms with Crippen LogP contribution in [-0.4, -0.2) is 13.9 Å². The summed E-state index contributed by atoms with van der Waals surface area (Å²) in [5.41, 5.74) is -2.67. The Labute approximate surface area is 132 Å². The van der Waals surface area contributed by atoms with E-state index in [1.54, 1.807) is 0 Å². The van der Waals surface area contributed by atoms with Crippen LogP contribution in [0.1, 0.15) is 16.7 Å². The molecule has 0 aliphatic carbocycles. The van der Waals surface area contributed by atoms with Gasteiger partial charge in [-0.2, -0.15) is 13.2 Å². The lowest BCUT2D eigenvalue weighted by Crippen LogP contribution is -2.23. The topological polar surface area (TPSA) is 34.1 Å². The standard InChI is InChI=1S/C17H13F3O2S/c1-13-5-7-14(8-6-13)3-2-4-15-9-11-16(12-10-15)23(21,22)17(18,19)20/h5-12H,3H2,1H3. The first-order valence-electron chi connectivity index (χ1n) is 6.66. The van der Waals surface area contributed by atoms with Crippen molar-refractivity contribution in [2.75, 3.05) is 0 Å². The van der Waals surface area contributed by atoms with Crippen molar-refractivity contribution in [1.82, 2.24) is 0 Å². The zero-order chi connectivity index (χ0) is 17.1. The van der Waals surface area contributed by atoms with Crippen LogP contribution < -0.4 is 0 Å². The fraction of sp³-hybridized carbons (Fsp3) is 0.176. The van der Waals surface area contributed by atoms with Crippen molar-refractivity contribution >= 4 is 9.84 Å². The van der Waals surface area contributed by atoms with Crippen LogP contribution >= 0.6 is 0 Å². The van der Waals surface area contributed by atoms with E-state index in [0.29, 0.717) is 12.0 Å². The molecule has 23 heavy (non-hydrogen) atoms. The lowest BCUT2D eigenvalue weighted by Gasteiger charge is -2.07. The van der Waals surface area contributed by atoms with Crippen LogP contribution in [-0.2, 0) is 16.3 Å². The third-order valence-corrected chi connectivity index (χ3v) is 4.62. The first kappa shape index (κ1) is 17.1. The molecule has 0 amide bonds. The first-order chi connectivity index (χ1) is 10.7. The molecule has 0 saturated carbocycles. The van der Waals surface area contributed by atoms with Gasteiger partial charge in [-0.25, -0.2) is 8.42 Å². The fourth-order valence-corrected chi connectivity index (χ4v) is 2.57. The van der Waals surface area contributed by atoms with Crippen LogP contribution in [0.15, 0.2) is 53.4 Å². The number of hydrogen-bond acceptors (Lipinski definition) is 2. The quantitative estimate of drug-likeness (QED) is 0.779. The summed E-state index contributed by atoms with van der Waals surface area (Å²) in [6.07, 6.45) is 0.503. The molecule has 0 radical (unpaired) electrons. The molecule has 0 N–H and O–H groups in total. The predicted octanol–water partition coefficient (Wildman–Crippen LogP) is 3.88. The van der Waals surface area contributed by atoms with Gasteiger partial charge in [0.2, 0.25) is 0 Å². The maximum Gasteiger partial charge on any atom is 0.501 e. The first-order valence-corrected chi connectivity index (χ1v) is 8.14. The molecule has 120 valence electrons. The number of alkyl halides is 3. The second-order valence-corrected chi connectivity index (χ2v) is 6.88. The van der Waals surface area contributed by atoms with E-state index in [9.17, 15) is 21.6 Å². The highest BCUT2D eigenvalue weighted by atomic mass is 32.2. The van der Waals surface area contributed by atoms with Gasteiger partial charge in [0.15, 0.2) is 0 Å². The lowest BCUT2D eigenvalue weighted by molar-refractivity contribution is -0.0436. The molecule has 0 atom stereocenters. The highest BCUT2D eigenvalue weighted by Gasteiger charge is 2.46. The van der Waals surface area contributed by atoms with Gasteiger partial charge >= 0.3 is 5.51 Å². The number of halogens is 3. The highest BCUT2D eigenvalue weighted by Crippen LogP contribution is 2.30. The summed E-state index contributed by atoms with van der Waals surface area (Å²) < 4.78 is 59.7. The van der Waals surface area contributed by atoms with E-state index >= 15 is 0 Å². The van der Waals surface area contributed by atoms with Gasteiger partial charge in [-0.05, 0) is 36.8 Å². The predicted molar refractivity (Wildman–Crippen MR) is 81.4 cm³/mol. The van der Waals surface area contributed by atoms with Crippen molar-refractivity contribution < 1.29 is 21.6 Å².